The van der Waals surface area contributed by atoms with Crippen LogP contribution in [0.2, 0.25) is 0 Å². The summed E-state index contributed by atoms with van der Waals surface area (Å²) >= 11 is 0. The van der Waals surface area contributed by atoms with Gasteiger partial charge in [-0.05, 0) is 13.0 Å². The number of nitrogens with zero attached hydrogens (tertiary/aromatic N) is 3. The molecule has 1 aromatic rings. The van der Waals surface area contributed by atoms with Crippen LogP contribution in [-0.2, 0) is 10.3 Å². The molecule has 1 fully saturated rings. The van der Waals surface area contributed by atoms with Gasteiger partial charge in [0.25, 0.3) is 0 Å². The Bertz CT molecular complexity index is 561. The van der Waals surface area contributed by atoms with Crippen molar-refractivity contribution in [2.24, 2.45) is 10.1 Å². The van der Waals surface area contributed by atoms with Crippen LogP contribution in [0.4, 0.5) is 8.78 Å². The Balaban J connectivity index is 1.87. The summed E-state index contributed by atoms with van der Waals surface area (Å²) in [5.74, 6) is -1.17. The topological polar surface area (TPSA) is 40.5 Å². The molecule has 0 unspecified atom stereocenters. The molecule has 2 heterocycles. The van der Waals surface area contributed by atoms with Crippen LogP contribution in [0.15, 0.2) is 28.3 Å². The van der Waals surface area contributed by atoms with E-state index in [9.17, 15) is 8.78 Å². The molecule has 1 aromatic carbocycles. The second-order valence-electron chi connectivity index (χ2n) is 4.68. The van der Waals surface area contributed by atoms with Crippen LogP contribution in [0, 0.1) is 11.6 Å². The number of hydrazone groups is 1. The van der Waals surface area contributed by atoms with Gasteiger partial charge in [0.1, 0.15) is 23.6 Å². The molecule has 0 aromatic heterocycles. The quantitative estimate of drug-likeness (QED) is 0.783. The van der Waals surface area contributed by atoms with Gasteiger partial charge in [-0.2, -0.15) is 5.10 Å². The molecule has 0 saturated carbocycles. The van der Waals surface area contributed by atoms with Gasteiger partial charge in [0.15, 0.2) is 0 Å². The minimum atomic E-state index is -0.750. The van der Waals surface area contributed by atoms with Gasteiger partial charge in [-0.3, -0.25) is 5.01 Å². The van der Waals surface area contributed by atoms with Crippen molar-refractivity contribution in [3.8, 4) is 0 Å². The minimum Gasteiger partial charge on any atom is -0.359 e. The van der Waals surface area contributed by atoms with Crippen LogP contribution >= 0.6 is 0 Å². The van der Waals surface area contributed by atoms with E-state index in [0.717, 1.165) is 6.07 Å². The number of halogens is 2. The van der Waals surface area contributed by atoms with Crippen LogP contribution in [0.1, 0.15) is 12.5 Å². The minimum absolute atomic E-state index is 0.124. The number of benzene rings is 1. The van der Waals surface area contributed by atoms with Gasteiger partial charge >= 0.3 is 0 Å². The van der Waals surface area contributed by atoms with Gasteiger partial charge in [-0.25, -0.2) is 13.8 Å². The maximum Gasteiger partial charge on any atom is 0.141 e. The Morgan fingerprint density at radius 3 is 2.84 bits per heavy atom. The maximum absolute atomic E-state index is 13.9. The molecule has 3 rings (SSSR count). The van der Waals surface area contributed by atoms with Gasteiger partial charge in [-0.1, -0.05) is 6.07 Å². The molecule has 0 spiro atoms. The van der Waals surface area contributed by atoms with E-state index in [1.54, 1.807) is 11.2 Å². The molecule has 19 heavy (non-hydrogen) atoms. The third-order valence-electron chi connectivity index (χ3n) is 3.47. The monoisotopic (exact) mass is 265 g/mol. The molecule has 2 atom stereocenters. The van der Waals surface area contributed by atoms with Gasteiger partial charge in [-0.15, -0.1) is 0 Å². The summed E-state index contributed by atoms with van der Waals surface area (Å²) in [4.78, 5) is 3.88. The number of aliphatic imine (C=N–C) groups is 1. The van der Waals surface area contributed by atoms with Crippen molar-refractivity contribution in [2.75, 3.05) is 13.1 Å². The molecule has 0 radical (unpaired) electrons. The van der Waals surface area contributed by atoms with Crippen LogP contribution in [0.5, 0.6) is 0 Å². The van der Waals surface area contributed by atoms with Crippen LogP contribution in [0.25, 0.3) is 0 Å². The molecular weight excluding hydrogens is 252 g/mol. The van der Waals surface area contributed by atoms with E-state index in [1.807, 2.05) is 6.92 Å². The molecule has 0 amide bonds. The molecule has 0 bridgehead atoms. The van der Waals surface area contributed by atoms with E-state index < -0.39 is 17.2 Å². The van der Waals surface area contributed by atoms with Crippen molar-refractivity contribution in [1.29, 1.82) is 0 Å². The van der Waals surface area contributed by atoms with Crippen molar-refractivity contribution < 1.29 is 13.5 Å². The summed E-state index contributed by atoms with van der Waals surface area (Å²) in [5.41, 5.74) is -0.376. The summed E-state index contributed by atoms with van der Waals surface area (Å²) in [6, 6.07) is 3.57. The average Bonchev–Trinajstić information content (AvgIpc) is 3.01. The van der Waals surface area contributed by atoms with Crippen molar-refractivity contribution in [3.05, 3.63) is 35.4 Å². The fourth-order valence-corrected chi connectivity index (χ4v) is 2.36. The average molecular weight is 265 g/mol. The number of hydrogen-bond donors (Lipinski definition) is 0. The van der Waals surface area contributed by atoms with Gasteiger partial charge in [0.2, 0.25) is 0 Å². The van der Waals surface area contributed by atoms with E-state index >= 15 is 0 Å². The number of hydrogen-bond acceptors (Lipinski definition) is 4. The Morgan fingerprint density at radius 2 is 2.26 bits per heavy atom. The first kappa shape index (κ1) is 12.2. The van der Waals surface area contributed by atoms with Crippen LogP contribution in [-0.4, -0.2) is 36.8 Å². The summed E-state index contributed by atoms with van der Waals surface area (Å²) in [7, 11) is 0. The number of rotatable bonds is 3. The van der Waals surface area contributed by atoms with Crippen molar-refractivity contribution in [1.82, 2.24) is 5.01 Å². The van der Waals surface area contributed by atoms with Crippen molar-refractivity contribution in [2.45, 2.75) is 18.6 Å². The highest BCUT2D eigenvalue weighted by Gasteiger charge is 2.57. The number of epoxide rings is 1. The molecule has 2 aliphatic rings. The van der Waals surface area contributed by atoms with E-state index in [1.165, 1.54) is 18.5 Å². The summed E-state index contributed by atoms with van der Waals surface area (Å²) in [6.07, 6.45) is 3.03. The first-order chi connectivity index (χ1) is 9.12. The lowest BCUT2D eigenvalue weighted by atomic mass is 9.95. The zero-order chi connectivity index (χ0) is 13.5. The third-order valence-corrected chi connectivity index (χ3v) is 3.47. The van der Waals surface area contributed by atoms with E-state index in [-0.39, 0.29) is 6.10 Å². The highest BCUT2D eigenvalue weighted by atomic mass is 19.1. The lowest BCUT2D eigenvalue weighted by Crippen LogP contribution is -2.34. The summed E-state index contributed by atoms with van der Waals surface area (Å²) in [6.45, 7) is 2.83. The molecule has 0 N–H and O–H groups in total. The Morgan fingerprint density at radius 1 is 1.47 bits per heavy atom. The smallest absolute Gasteiger partial charge is 0.141 e. The van der Waals surface area contributed by atoms with E-state index in [2.05, 4.69) is 10.1 Å². The van der Waals surface area contributed by atoms with Gasteiger partial charge in [0.05, 0.1) is 19.2 Å². The molecular formula is C13H13F2N3O. The molecule has 4 nitrogen and oxygen atoms in total. The summed E-state index contributed by atoms with van der Waals surface area (Å²) < 4.78 is 32.5. The fraction of sp³-hybridized carbons (Fsp3) is 0.385. The van der Waals surface area contributed by atoms with Crippen LogP contribution in [0.3, 0.4) is 0 Å². The predicted octanol–water partition coefficient (Wildman–Crippen LogP) is 1.91. The van der Waals surface area contributed by atoms with Crippen molar-refractivity contribution in [3.63, 3.8) is 0 Å². The SMILES string of the molecule is C[C@H]1O[C@]1(CN1CC=NC=N1)c1ccc(F)cc1F. The first-order valence-electron chi connectivity index (χ1n) is 6.04. The predicted molar refractivity (Wildman–Crippen MR) is 67.1 cm³/mol. The van der Waals surface area contributed by atoms with Crippen LogP contribution < -0.4 is 0 Å². The molecule has 100 valence electrons. The molecule has 2 aliphatic heterocycles. The lowest BCUT2D eigenvalue weighted by molar-refractivity contribution is 0.204. The fourth-order valence-electron chi connectivity index (χ4n) is 2.36. The highest BCUT2D eigenvalue weighted by molar-refractivity contribution is 5.75. The normalized spacial score (nSPS) is 28.8. The maximum atomic E-state index is 13.9. The third kappa shape index (κ3) is 2.12. The van der Waals surface area contributed by atoms with Gasteiger partial charge in [0, 0.05) is 17.8 Å². The Labute approximate surface area is 109 Å². The van der Waals surface area contributed by atoms with Gasteiger partial charge < -0.3 is 4.74 Å². The highest BCUT2D eigenvalue weighted by Crippen LogP contribution is 2.47. The molecule has 6 heteroatoms. The molecule has 1 saturated heterocycles. The second kappa shape index (κ2) is 4.38. The standard InChI is InChI=1S/C13H13F2N3O/c1-9-13(19-9,7-18-5-4-16-8-17-18)11-3-2-10(14)6-12(11)15/h2-4,6,8-9H,5,7H2,1H3/t9-,13+/m1/s1. The van der Waals surface area contributed by atoms with Crippen molar-refractivity contribution >= 4 is 12.6 Å². The zero-order valence-corrected chi connectivity index (χ0v) is 10.4. The largest absolute Gasteiger partial charge is 0.359 e. The Kier molecular flexibility index (Phi) is 2.82. The van der Waals surface area contributed by atoms with E-state index in [4.69, 9.17) is 4.74 Å². The second-order valence-corrected chi connectivity index (χ2v) is 4.68. The van der Waals surface area contributed by atoms with E-state index in [0.29, 0.717) is 18.7 Å². The number of ether oxygens (including phenoxy) is 1. The molecule has 0 aliphatic carbocycles. The lowest BCUT2D eigenvalue weighted by Gasteiger charge is -2.23. The zero-order valence-electron chi connectivity index (χ0n) is 10.4. The summed E-state index contributed by atoms with van der Waals surface area (Å²) in [5, 5.41) is 5.84. The first-order valence-corrected chi connectivity index (χ1v) is 6.04. The Hall–Kier alpha value is -1.82.